The zero-order chi connectivity index (χ0) is 19.8. The van der Waals surface area contributed by atoms with Crippen LogP contribution in [0.15, 0.2) is 53.4 Å². The van der Waals surface area contributed by atoms with Crippen LogP contribution in [0.4, 0.5) is 4.39 Å². The molecular weight excluding hydrogens is 455 g/mol. The maximum Gasteiger partial charge on any atom is 0.346 e. The summed E-state index contributed by atoms with van der Waals surface area (Å²) in [4.78, 5) is 12.8. The maximum absolute atomic E-state index is 13.3. The summed E-state index contributed by atoms with van der Waals surface area (Å²) in [5.41, 5.74) is 2.68. The van der Waals surface area contributed by atoms with E-state index in [9.17, 15) is 22.7 Å². The van der Waals surface area contributed by atoms with E-state index < -0.39 is 15.8 Å². The van der Waals surface area contributed by atoms with Gasteiger partial charge < -0.3 is 5.11 Å². The highest BCUT2D eigenvalue weighted by Gasteiger charge is 2.24. The van der Waals surface area contributed by atoms with Crippen molar-refractivity contribution >= 4 is 43.1 Å². The van der Waals surface area contributed by atoms with E-state index in [1.54, 1.807) is 24.3 Å². The van der Waals surface area contributed by atoms with E-state index >= 15 is 0 Å². The Morgan fingerprint density at radius 3 is 2.11 bits per heavy atom. The second-order valence-electron chi connectivity index (χ2n) is 5.86. The van der Waals surface area contributed by atoms with Gasteiger partial charge in [0.05, 0.1) is 4.90 Å². The molecule has 0 atom stereocenters. The van der Waals surface area contributed by atoms with Gasteiger partial charge in [0.15, 0.2) is 9.84 Å². The van der Waals surface area contributed by atoms with Gasteiger partial charge in [0.2, 0.25) is 0 Å². The van der Waals surface area contributed by atoms with Gasteiger partial charge in [0.1, 0.15) is 10.7 Å². The number of sulfone groups is 1. The Balaban J connectivity index is 2.26. The predicted octanol–water partition coefficient (Wildman–Crippen LogP) is 5.22. The van der Waals surface area contributed by atoms with Crippen molar-refractivity contribution < 1.29 is 22.7 Å². The standard InChI is InChI=1S/C19H14BrFO4S2/c1-27(24,25)14-8-4-11(5-9-14)16-15(10-20)18(19(22)23)26-17(16)12-2-6-13(21)7-3-12/h2-9H,10H2,1H3,(H,22,23). The van der Waals surface area contributed by atoms with E-state index in [0.717, 1.165) is 17.6 Å². The van der Waals surface area contributed by atoms with E-state index in [2.05, 4.69) is 15.9 Å². The van der Waals surface area contributed by atoms with Crippen LogP contribution in [-0.2, 0) is 15.2 Å². The van der Waals surface area contributed by atoms with E-state index in [1.165, 1.54) is 24.3 Å². The van der Waals surface area contributed by atoms with Gasteiger partial charge in [0.25, 0.3) is 0 Å². The number of alkyl halides is 1. The number of hydrogen-bond donors (Lipinski definition) is 1. The number of carboxylic acid groups (broad SMARTS) is 1. The van der Waals surface area contributed by atoms with E-state index in [4.69, 9.17) is 0 Å². The molecule has 0 saturated carbocycles. The normalized spacial score (nSPS) is 11.5. The highest BCUT2D eigenvalue weighted by atomic mass is 79.9. The summed E-state index contributed by atoms with van der Waals surface area (Å²) in [5.74, 6) is -1.43. The van der Waals surface area contributed by atoms with Gasteiger partial charge in [-0.1, -0.05) is 40.2 Å². The molecule has 27 heavy (non-hydrogen) atoms. The maximum atomic E-state index is 13.3. The fourth-order valence-electron chi connectivity index (χ4n) is 2.74. The fourth-order valence-corrected chi connectivity index (χ4v) is 5.31. The first-order chi connectivity index (χ1) is 12.7. The molecule has 1 heterocycles. The average Bonchev–Trinajstić information content (AvgIpc) is 3.01. The third-order valence-electron chi connectivity index (χ3n) is 4.01. The second kappa shape index (κ2) is 7.53. The Bertz CT molecular complexity index is 1100. The van der Waals surface area contributed by atoms with Crippen LogP contribution < -0.4 is 0 Å². The van der Waals surface area contributed by atoms with Gasteiger partial charge in [-0.15, -0.1) is 11.3 Å². The molecule has 3 rings (SSSR count). The largest absolute Gasteiger partial charge is 0.477 e. The molecule has 2 aromatic carbocycles. The van der Waals surface area contributed by atoms with E-state index in [0.29, 0.717) is 32.5 Å². The topological polar surface area (TPSA) is 71.4 Å². The number of thiophene rings is 1. The van der Waals surface area contributed by atoms with Crippen molar-refractivity contribution in [2.75, 3.05) is 6.26 Å². The lowest BCUT2D eigenvalue weighted by molar-refractivity contribution is 0.0701. The first-order valence-electron chi connectivity index (χ1n) is 7.73. The number of carboxylic acids is 1. The minimum atomic E-state index is -3.34. The minimum absolute atomic E-state index is 0.184. The van der Waals surface area contributed by atoms with Crippen molar-refractivity contribution in [1.82, 2.24) is 0 Å². The molecular formula is C19H14BrFO4S2. The molecule has 0 fully saturated rings. The van der Waals surface area contributed by atoms with Gasteiger partial charge in [0, 0.05) is 22.0 Å². The Labute approximate surface area is 168 Å². The summed E-state index contributed by atoms with van der Waals surface area (Å²) in [7, 11) is -3.34. The minimum Gasteiger partial charge on any atom is -0.477 e. The summed E-state index contributed by atoms with van der Waals surface area (Å²) in [6.45, 7) is 0. The van der Waals surface area contributed by atoms with Crippen LogP contribution in [0.2, 0.25) is 0 Å². The van der Waals surface area contributed by atoms with Crippen LogP contribution in [0.1, 0.15) is 15.2 Å². The highest BCUT2D eigenvalue weighted by molar-refractivity contribution is 9.08. The molecule has 1 aromatic heterocycles. The molecule has 8 heteroatoms. The van der Waals surface area contributed by atoms with Gasteiger partial charge in [-0.05, 0) is 41.0 Å². The Hall–Kier alpha value is -2.03. The molecule has 0 amide bonds. The molecule has 0 saturated heterocycles. The van der Waals surface area contributed by atoms with Crippen LogP contribution in [0, 0.1) is 5.82 Å². The molecule has 0 aliphatic heterocycles. The SMILES string of the molecule is CS(=O)(=O)c1ccc(-c2c(-c3ccc(F)cc3)sc(C(=O)O)c2CBr)cc1. The number of carbonyl (C=O) groups is 1. The molecule has 0 unspecified atom stereocenters. The van der Waals surface area contributed by atoms with Crippen molar-refractivity contribution in [3.8, 4) is 21.6 Å². The summed E-state index contributed by atoms with van der Waals surface area (Å²) in [5, 5.41) is 9.89. The molecule has 0 radical (unpaired) electrons. The Morgan fingerprint density at radius 2 is 1.63 bits per heavy atom. The van der Waals surface area contributed by atoms with Crippen LogP contribution in [0.5, 0.6) is 0 Å². The van der Waals surface area contributed by atoms with Gasteiger partial charge in [-0.3, -0.25) is 0 Å². The molecule has 0 aliphatic rings. The smallest absolute Gasteiger partial charge is 0.346 e. The number of benzene rings is 2. The number of rotatable bonds is 5. The lowest BCUT2D eigenvalue weighted by Crippen LogP contribution is -1.98. The van der Waals surface area contributed by atoms with Crippen LogP contribution >= 0.6 is 27.3 Å². The van der Waals surface area contributed by atoms with Gasteiger partial charge >= 0.3 is 5.97 Å². The summed E-state index contributed by atoms with van der Waals surface area (Å²) >= 11 is 4.47. The molecule has 0 spiro atoms. The van der Waals surface area contributed by atoms with Crippen molar-refractivity contribution in [3.63, 3.8) is 0 Å². The Kier molecular flexibility index (Phi) is 5.50. The Morgan fingerprint density at radius 1 is 1.07 bits per heavy atom. The van der Waals surface area contributed by atoms with Crippen LogP contribution in [0.3, 0.4) is 0 Å². The van der Waals surface area contributed by atoms with E-state index in [1.807, 2.05) is 0 Å². The number of aromatic carboxylic acids is 1. The quantitative estimate of drug-likeness (QED) is 0.521. The lowest BCUT2D eigenvalue weighted by atomic mass is 9.98. The summed E-state index contributed by atoms with van der Waals surface area (Å²) < 4.78 is 36.7. The molecule has 0 aliphatic carbocycles. The predicted molar refractivity (Wildman–Crippen MR) is 108 cm³/mol. The van der Waals surface area contributed by atoms with Crippen molar-refractivity contribution in [2.45, 2.75) is 10.2 Å². The molecule has 4 nitrogen and oxygen atoms in total. The number of halogens is 2. The third-order valence-corrected chi connectivity index (χ3v) is 6.97. The molecule has 3 aromatic rings. The van der Waals surface area contributed by atoms with Crippen molar-refractivity contribution in [1.29, 1.82) is 0 Å². The monoisotopic (exact) mass is 468 g/mol. The van der Waals surface area contributed by atoms with Gasteiger partial charge in [-0.25, -0.2) is 17.6 Å². The van der Waals surface area contributed by atoms with E-state index in [-0.39, 0.29) is 15.6 Å². The highest BCUT2D eigenvalue weighted by Crippen LogP contribution is 2.44. The molecule has 140 valence electrons. The summed E-state index contributed by atoms with van der Waals surface area (Å²) in [6.07, 6.45) is 1.13. The van der Waals surface area contributed by atoms with Crippen LogP contribution in [0.25, 0.3) is 21.6 Å². The molecule has 0 bridgehead atoms. The average molecular weight is 469 g/mol. The fraction of sp³-hybridized carbons (Fsp3) is 0.105. The molecule has 1 N–H and O–H groups in total. The second-order valence-corrected chi connectivity index (χ2v) is 9.45. The van der Waals surface area contributed by atoms with Crippen molar-refractivity contribution in [3.05, 3.63) is 64.8 Å². The summed E-state index contributed by atoms with van der Waals surface area (Å²) in [6, 6.07) is 12.1. The zero-order valence-electron chi connectivity index (χ0n) is 14.1. The first-order valence-corrected chi connectivity index (χ1v) is 11.6. The number of hydrogen-bond acceptors (Lipinski definition) is 4. The third kappa shape index (κ3) is 3.97. The zero-order valence-corrected chi connectivity index (χ0v) is 17.3. The van der Waals surface area contributed by atoms with Crippen LogP contribution in [-0.4, -0.2) is 25.7 Å². The van der Waals surface area contributed by atoms with Crippen molar-refractivity contribution in [2.24, 2.45) is 0 Å². The first kappa shape index (κ1) is 19.7. The van der Waals surface area contributed by atoms with Gasteiger partial charge in [-0.2, -0.15) is 0 Å². The lowest BCUT2D eigenvalue weighted by Gasteiger charge is -2.08.